The van der Waals surface area contributed by atoms with Gasteiger partial charge in [-0.2, -0.15) is 0 Å². The summed E-state index contributed by atoms with van der Waals surface area (Å²) in [7, 11) is -1.89. The number of amides is 1. The Bertz CT molecular complexity index is 777. The molecule has 0 aliphatic heterocycles. The number of sulfonamides is 1. The number of ether oxygens (including phenoxy) is 1. The van der Waals surface area contributed by atoms with Gasteiger partial charge in [0.1, 0.15) is 5.75 Å². The number of pyridine rings is 1. The van der Waals surface area contributed by atoms with Gasteiger partial charge in [0.15, 0.2) is 0 Å². The van der Waals surface area contributed by atoms with Gasteiger partial charge in [-0.25, -0.2) is 13.1 Å². The Kier molecular flexibility index (Phi) is 6.91. The second kappa shape index (κ2) is 9.14. The van der Waals surface area contributed by atoms with Crippen LogP contribution in [0.15, 0.2) is 48.8 Å². The molecular formula is C17H21N3O4S. The van der Waals surface area contributed by atoms with Crippen molar-refractivity contribution in [1.29, 1.82) is 0 Å². The molecule has 2 rings (SSSR count). The minimum Gasteiger partial charge on any atom is -0.497 e. The molecule has 134 valence electrons. The largest absolute Gasteiger partial charge is 0.497 e. The Hall–Kier alpha value is -2.45. The summed E-state index contributed by atoms with van der Waals surface area (Å²) in [6.45, 7) is 0.229. The predicted octanol–water partition coefficient (Wildman–Crippen LogP) is 0.869. The summed E-state index contributed by atoms with van der Waals surface area (Å²) in [4.78, 5) is 15.8. The summed E-state index contributed by atoms with van der Waals surface area (Å²) in [5.41, 5.74) is 1.60. The summed E-state index contributed by atoms with van der Waals surface area (Å²) >= 11 is 0. The van der Waals surface area contributed by atoms with E-state index in [1.165, 1.54) is 0 Å². The van der Waals surface area contributed by atoms with E-state index >= 15 is 0 Å². The van der Waals surface area contributed by atoms with Crippen LogP contribution < -0.4 is 14.8 Å². The lowest BCUT2D eigenvalue weighted by Gasteiger charge is -2.08. The fourth-order valence-electron chi connectivity index (χ4n) is 2.08. The molecule has 1 heterocycles. The van der Waals surface area contributed by atoms with Gasteiger partial charge in [0.25, 0.3) is 0 Å². The van der Waals surface area contributed by atoms with Crippen molar-refractivity contribution in [3.05, 3.63) is 59.9 Å². The third-order valence-electron chi connectivity index (χ3n) is 3.44. The zero-order valence-corrected chi connectivity index (χ0v) is 14.8. The van der Waals surface area contributed by atoms with Crippen LogP contribution in [0, 0.1) is 0 Å². The smallest absolute Gasteiger partial charge is 0.224 e. The van der Waals surface area contributed by atoms with Gasteiger partial charge in [-0.15, -0.1) is 0 Å². The molecule has 1 aromatic heterocycles. The molecule has 1 amide bonds. The second-order valence-electron chi connectivity index (χ2n) is 5.38. The van der Waals surface area contributed by atoms with Gasteiger partial charge in [0.05, 0.1) is 19.3 Å². The molecule has 0 saturated heterocycles. The van der Waals surface area contributed by atoms with Crippen molar-refractivity contribution in [2.75, 3.05) is 19.4 Å². The number of hydrogen-bond acceptors (Lipinski definition) is 5. The van der Waals surface area contributed by atoms with Crippen LogP contribution in [0.4, 0.5) is 0 Å². The first-order chi connectivity index (χ1) is 12.0. The molecule has 8 heteroatoms. The first-order valence-electron chi connectivity index (χ1n) is 7.74. The lowest BCUT2D eigenvalue weighted by molar-refractivity contribution is -0.120. The van der Waals surface area contributed by atoms with Gasteiger partial charge < -0.3 is 10.1 Å². The quantitative estimate of drug-likeness (QED) is 0.689. The van der Waals surface area contributed by atoms with Crippen molar-refractivity contribution >= 4 is 15.9 Å². The van der Waals surface area contributed by atoms with Gasteiger partial charge >= 0.3 is 0 Å². The van der Waals surface area contributed by atoms with Gasteiger partial charge in [0, 0.05) is 25.5 Å². The van der Waals surface area contributed by atoms with Gasteiger partial charge in [0.2, 0.25) is 15.9 Å². The summed E-state index contributed by atoms with van der Waals surface area (Å²) in [5.74, 6) is 0.310. The van der Waals surface area contributed by atoms with Crippen molar-refractivity contribution in [2.24, 2.45) is 0 Å². The van der Waals surface area contributed by atoms with Crippen molar-refractivity contribution in [3.63, 3.8) is 0 Å². The van der Waals surface area contributed by atoms with E-state index in [0.29, 0.717) is 0 Å². The SMILES string of the molecule is COc1ccc(CC(=O)NCCS(=O)(=O)NCc2cccnc2)cc1. The van der Waals surface area contributed by atoms with E-state index in [9.17, 15) is 13.2 Å². The van der Waals surface area contributed by atoms with E-state index in [1.807, 2.05) is 0 Å². The fourth-order valence-corrected chi connectivity index (χ4v) is 2.99. The van der Waals surface area contributed by atoms with Crippen LogP contribution >= 0.6 is 0 Å². The number of benzene rings is 1. The molecule has 1 aromatic carbocycles. The number of nitrogens with zero attached hydrogens (tertiary/aromatic N) is 1. The monoisotopic (exact) mass is 363 g/mol. The van der Waals surface area contributed by atoms with Crippen LogP contribution in [0.2, 0.25) is 0 Å². The number of carbonyl (C=O) groups is 1. The van der Waals surface area contributed by atoms with Crippen molar-refractivity contribution in [2.45, 2.75) is 13.0 Å². The maximum Gasteiger partial charge on any atom is 0.224 e. The Morgan fingerprint density at radius 3 is 2.56 bits per heavy atom. The number of aromatic nitrogens is 1. The zero-order valence-electron chi connectivity index (χ0n) is 13.9. The lowest BCUT2D eigenvalue weighted by atomic mass is 10.1. The zero-order chi connectivity index (χ0) is 18.1. The maximum absolute atomic E-state index is 11.9. The molecule has 0 atom stereocenters. The normalized spacial score (nSPS) is 11.1. The van der Waals surface area contributed by atoms with Crippen LogP contribution in [0.5, 0.6) is 5.75 Å². The Balaban J connectivity index is 1.72. The molecule has 0 aliphatic carbocycles. The standard InChI is InChI=1S/C17H21N3O4S/c1-24-16-6-4-14(5-7-16)11-17(21)19-9-10-25(22,23)20-13-15-3-2-8-18-12-15/h2-8,12,20H,9-11,13H2,1H3,(H,19,21). The minimum atomic E-state index is -3.47. The first-order valence-corrected chi connectivity index (χ1v) is 9.39. The van der Waals surface area contributed by atoms with E-state index < -0.39 is 10.0 Å². The molecule has 0 aliphatic rings. The molecule has 7 nitrogen and oxygen atoms in total. The van der Waals surface area contributed by atoms with Crippen LogP contribution in [0.3, 0.4) is 0 Å². The number of methoxy groups -OCH3 is 1. The number of carbonyl (C=O) groups excluding carboxylic acids is 1. The highest BCUT2D eigenvalue weighted by atomic mass is 32.2. The summed E-state index contributed by atoms with van der Waals surface area (Å²) in [5, 5.41) is 2.61. The van der Waals surface area contributed by atoms with E-state index in [0.717, 1.165) is 16.9 Å². The molecule has 0 saturated carbocycles. The molecule has 0 spiro atoms. The Labute approximate surface area is 147 Å². The molecule has 2 aromatic rings. The molecule has 2 N–H and O–H groups in total. The Morgan fingerprint density at radius 1 is 1.16 bits per heavy atom. The predicted molar refractivity (Wildman–Crippen MR) is 94.6 cm³/mol. The minimum absolute atomic E-state index is 0.0529. The van der Waals surface area contributed by atoms with Gasteiger partial charge in [-0.1, -0.05) is 18.2 Å². The van der Waals surface area contributed by atoms with Crippen LogP contribution in [0.25, 0.3) is 0 Å². The fraction of sp³-hybridized carbons (Fsp3) is 0.294. The maximum atomic E-state index is 11.9. The second-order valence-corrected chi connectivity index (χ2v) is 7.30. The summed E-state index contributed by atoms with van der Waals surface area (Å²) < 4.78 is 31.4. The highest BCUT2D eigenvalue weighted by Gasteiger charge is 2.11. The van der Waals surface area contributed by atoms with Crippen LogP contribution in [0.1, 0.15) is 11.1 Å². The van der Waals surface area contributed by atoms with Gasteiger partial charge in [-0.3, -0.25) is 9.78 Å². The van der Waals surface area contributed by atoms with E-state index in [2.05, 4.69) is 15.0 Å². The average Bonchev–Trinajstić information content (AvgIpc) is 2.61. The Morgan fingerprint density at radius 2 is 1.92 bits per heavy atom. The third-order valence-corrected chi connectivity index (χ3v) is 4.76. The molecular weight excluding hydrogens is 342 g/mol. The van der Waals surface area contributed by atoms with Crippen molar-refractivity contribution in [3.8, 4) is 5.75 Å². The lowest BCUT2D eigenvalue weighted by Crippen LogP contribution is -2.34. The first kappa shape index (κ1) is 18.9. The average molecular weight is 363 g/mol. The molecule has 0 bridgehead atoms. The highest BCUT2D eigenvalue weighted by Crippen LogP contribution is 2.11. The number of hydrogen-bond donors (Lipinski definition) is 2. The highest BCUT2D eigenvalue weighted by molar-refractivity contribution is 7.89. The number of rotatable bonds is 9. The van der Waals surface area contributed by atoms with Crippen molar-refractivity contribution in [1.82, 2.24) is 15.0 Å². The van der Waals surface area contributed by atoms with E-state index in [-0.39, 0.29) is 31.2 Å². The topological polar surface area (TPSA) is 97.4 Å². The molecule has 25 heavy (non-hydrogen) atoms. The summed E-state index contributed by atoms with van der Waals surface area (Å²) in [6.07, 6.45) is 3.41. The third kappa shape index (κ3) is 6.90. The van der Waals surface area contributed by atoms with Crippen LogP contribution in [-0.4, -0.2) is 38.7 Å². The van der Waals surface area contributed by atoms with E-state index in [4.69, 9.17) is 4.74 Å². The van der Waals surface area contributed by atoms with Gasteiger partial charge in [-0.05, 0) is 29.3 Å². The van der Waals surface area contributed by atoms with Crippen molar-refractivity contribution < 1.29 is 17.9 Å². The molecule has 0 fully saturated rings. The van der Waals surface area contributed by atoms with E-state index in [1.54, 1.807) is 55.9 Å². The van der Waals surface area contributed by atoms with Crippen LogP contribution in [-0.2, 0) is 27.8 Å². The number of nitrogens with one attached hydrogen (secondary N) is 2. The molecule has 0 radical (unpaired) electrons. The molecule has 0 unspecified atom stereocenters. The summed E-state index contributed by atoms with van der Waals surface area (Å²) in [6, 6.07) is 10.7.